The maximum Gasteiger partial charge on any atom is 0.278 e. The van der Waals surface area contributed by atoms with Gasteiger partial charge in [-0.25, -0.2) is 19.3 Å². The smallest absolute Gasteiger partial charge is 0.278 e. The van der Waals surface area contributed by atoms with Gasteiger partial charge in [-0.2, -0.15) is 4.98 Å². The lowest BCUT2D eigenvalue weighted by Gasteiger charge is -2.22. The van der Waals surface area contributed by atoms with Crippen molar-refractivity contribution >= 4 is 28.4 Å². The van der Waals surface area contributed by atoms with Crippen LogP contribution in [0.5, 0.6) is 0 Å². The third-order valence-electron chi connectivity index (χ3n) is 8.69. The standard InChI is InChI=1S/C30H34N8O2/c1-3-13-37-29(40)24-14-31-30(34-28(24)38(37)26-12-6-19-5-11-25(39)27(19)33-26)32-22-7-9-23(10-8-22)36-17-20-15-35(4-2)16-21(20)18-36/h3,6-10,12,14,20-21,25,39H,1,4-5,11,13,15-18H2,2H3,(H,31,32,34)/t20-,21+,25?. The number of nitrogens with zero attached hydrogens (tertiary/aromatic N) is 7. The van der Waals surface area contributed by atoms with Crippen molar-refractivity contribution in [2.75, 3.05) is 42.9 Å². The number of aliphatic hydroxyl groups is 1. The Balaban J connectivity index is 1.17. The number of aryl methyl sites for hydroxylation is 1. The van der Waals surface area contributed by atoms with E-state index in [0.717, 1.165) is 49.1 Å². The summed E-state index contributed by atoms with van der Waals surface area (Å²) in [6, 6.07) is 12.2. The first kappa shape index (κ1) is 25.0. The van der Waals surface area contributed by atoms with Gasteiger partial charge in [0.15, 0.2) is 11.5 Å². The van der Waals surface area contributed by atoms with Gasteiger partial charge in [-0.05, 0) is 67.1 Å². The molecule has 10 heteroatoms. The van der Waals surface area contributed by atoms with Gasteiger partial charge in [0.1, 0.15) is 5.39 Å². The summed E-state index contributed by atoms with van der Waals surface area (Å²) in [6.07, 6.45) is 4.07. The van der Waals surface area contributed by atoms with Crippen molar-refractivity contribution in [1.82, 2.24) is 29.2 Å². The fourth-order valence-electron chi connectivity index (χ4n) is 6.59. The number of benzene rings is 1. The van der Waals surface area contributed by atoms with Gasteiger partial charge >= 0.3 is 0 Å². The minimum atomic E-state index is -0.600. The minimum Gasteiger partial charge on any atom is -0.387 e. The highest BCUT2D eigenvalue weighted by molar-refractivity contribution is 5.77. The van der Waals surface area contributed by atoms with Crippen LogP contribution in [0.1, 0.15) is 30.7 Å². The van der Waals surface area contributed by atoms with E-state index < -0.39 is 6.10 Å². The van der Waals surface area contributed by atoms with Crippen molar-refractivity contribution in [2.24, 2.45) is 11.8 Å². The monoisotopic (exact) mass is 538 g/mol. The molecule has 1 aromatic carbocycles. The molecule has 7 rings (SSSR count). The molecule has 0 spiro atoms. The van der Waals surface area contributed by atoms with Crippen LogP contribution in [-0.4, -0.2) is 67.0 Å². The number of hydrogen-bond acceptors (Lipinski definition) is 8. The van der Waals surface area contributed by atoms with Crippen molar-refractivity contribution < 1.29 is 5.11 Å². The Kier molecular flexibility index (Phi) is 6.16. The van der Waals surface area contributed by atoms with Gasteiger partial charge in [-0.15, -0.1) is 6.58 Å². The third kappa shape index (κ3) is 4.18. The highest BCUT2D eigenvalue weighted by Crippen LogP contribution is 2.34. The van der Waals surface area contributed by atoms with Crippen molar-refractivity contribution in [2.45, 2.75) is 32.4 Å². The molecule has 0 amide bonds. The molecule has 0 bridgehead atoms. The summed E-state index contributed by atoms with van der Waals surface area (Å²) < 4.78 is 3.25. The van der Waals surface area contributed by atoms with Crippen molar-refractivity contribution in [3.05, 3.63) is 76.9 Å². The normalized spacial score (nSPS) is 22.1. The molecule has 3 atom stereocenters. The lowest BCUT2D eigenvalue weighted by molar-refractivity contribution is 0.175. The number of anilines is 3. The van der Waals surface area contributed by atoms with Crippen molar-refractivity contribution in [3.63, 3.8) is 0 Å². The van der Waals surface area contributed by atoms with Crippen LogP contribution in [0.4, 0.5) is 17.3 Å². The van der Waals surface area contributed by atoms with E-state index in [4.69, 9.17) is 9.97 Å². The summed E-state index contributed by atoms with van der Waals surface area (Å²) in [5, 5.41) is 14.1. The van der Waals surface area contributed by atoms with Crippen LogP contribution in [0.25, 0.3) is 16.9 Å². The molecule has 2 aliphatic heterocycles. The summed E-state index contributed by atoms with van der Waals surface area (Å²) in [7, 11) is 0. The SMILES string of the molecule is C=CCn1c(=O)c2cnc(Nc3ccc(N4C[C@H]5CN(CC)C[C@H]5C4)cc3)nc2n1-c1ccc2c(n1)C(O)CC2. The summed E-state index contributed by atoms with van der Waals surface area (Å²) in [5.41, 5.74) is 4.04. The molecular formula is C30H34N8O2. The first-order valence-electron chi connectivity index (χ1n) is 14.1. The number of nitrogens with one attached hydrogen (secondary N) is 1. The van der Waals surface area contributed by atoms with Gasteiger partial charge in [-0.1, -0.05) is 19.1 Å². The van der Waals surface area contributed by atoms with Gasteiger partial charge in [0, 0.05) is 43.8 Å². The summed E-state index contributed by atoms with van der Waals surface area (Å²) in [4.78, 5) is 32.2. The molecule has 40 heavy (non-hydrogen) atoms. The molecular weight excluding hydrogens is 504 g/mol. The second-order valence-electron chi connectivity index (χ2n) is 11.1. The highest BCUT2D eigenvalue weighted by Gasteiger charge is 2.39. The van der Waals surface area contributed by atoms with Crippen molar-refractivity contribution in [3.8, 4) is 5.82 Å². The fraction of sp³-hybridized carbons (Fsp3) is 0.400. The van der Waals surface area contributed by atoms with E-state index in [1.165, 1.54) is 18.8 Å². The van der Waals surface area contributed by atoms with Crippen LogP contribution < -0.4 is 15.8 Å². The van der Waals surface area contributed by atoms with Gasteiger partial charge in [0.2, 0.25) is 5.95 Å². The average Bonchev–Trinajstić information content (AvgIpc) is 3.71. The Morgan fingerprint density at radius 2 is 1.85 bits per heavy atom. The predicted molar refractivity (Wildman–Crippen MR) is 155 cm³/mol. The first-order valence-corrected chi connectivity index (χ1v) is 14.1. The molecule has 2 fully saturated rings. The Morgan fingerprint density at radius 1 is 1.07 bits per heavy atom. The number of aromatic nitrogens is 5. The summed E-state index contributed by atoms with van der Waals surface area (Å²) >= 11 is 0. The van der Waals surface area contributed by atoms with Crippen LogP contribution in [0.3, 0.4) is 0 Å². The van der Waals surface area contributed by atoms with Crippen molar-refractivity contribution in [1.29, 1.82) is 0 Å². The van der Waals surface area contributed by atoms with Gasteiger partial charge < -0.3 is 20.2 Å². The molecule has 4 aromatic rings. The minimum absolute atomic E-state index is 0.217. The average molecular weight is 539 g/mol. The van der Waals surface area contributed by atoms with E-state index in [9.17, 15) is 9.90 Å². The zero-order valence-corrected chi connectivity index (χ0v) is 22.7. The van der Waals surface area contributed by atoms with Crippen LogP contribution in [0.2, 0.25) is 0 Å². The molecule has 0 saturated carbocycles. The summed E-state index contributed by atoms with van der Waals surface area (Å²) in [5.74, 6) is 2.43. The fourth-order valence-corrected chi connectivity index (χ4v) is 6.59. The predicted octanol–water partition coefficient (Wildman–Crippen LogP) is 3.27. The van der Waals surface area contributed by atoms with E-state index in [1.807, 2.05) is 12.1 Å². The quantitative estimate of drug-likeness (QED) is 0.346. The Bertz CT molecular complexity index is 1630. The number of pyridine rings is 1. The molecule has 0 radical (unpaired) electrons. The third-order valence-corrected chi connectivity index (χ3v) is 8.69. The van der Waals surface area contributed by atoms with Gasteiger partial charge in [0.05, 0.1) is 18.3 Å². The Morgan fingerprint density at radius 3 is 2.58 bits per heavy atom. The van der Waals surface area contributed by atoms with Gasteiger partial charge in [0.25, 0.3) is 5.56 Å². The van der Waals surface area contributed by atoms with E-state index in [1.54, 1.807) is 21.6 Å². The van der Waals surface area contributed by atoms with Crippen LogP contribution in [0.15, 0.2) is 60.0 Å². The van der Waals surface area contributed by atoms with Gasteiger partial charge in [-0.3, -0.25) is 4.79 Å². The zero-order valence-electron chi connectivity index (χ0n) is 22.7. The maximum absolute atomic E-state index is 13.3. The number of rotatable bonds is 7. The van der Waals surface area contributed by atoms with E-state index in [0.29, 0.717) is 34.9 Å². The maximum atomic E-state index is 13.3. The first-order chi connectivity index (χ1) is 19.5. The molecule has 206 valence electrons. The number of aliphatic hydroxyl groups excluding tert-OH is 1. The number of allylic oxidation sites excluding steroid dienone is 1. The topological polar surface area (TPSA) is 104 Å². The number of hydrogen-bond donors (Lipinski definition) is 2. The molecule has 3 aliphatic rings. The van der Waals surface area contributed by atoms with Crippen LogP contribution in [0, 0.1) is 11.8 Å². The lowest BCUT2D eigenvalue weighted by atomic mass is 10.0. The molecule has 10 nitrogen and oxygen atoms in total. The highest BCUT2D eigenvalue weighted by atomic mass is 16.3. The Labute approximate surface area is 232 Å². The van der Waals surface area contributed by atoms with E-state index >= 15 is 0 Å². The number of likely N-dealkylation sites (tertiary alicyclic amines) is 1. The number of fused-ring (bicyclic) bond motifs is 3. The molecule has 3 aromatic heterocycles. The molecule has 2 saturated heterocycles. The molecule has 1 unspecified atom stereocenters. The van der Waals surface area contributed by atoms with E-state index in [2.05, 4.69) is 57.9 Å². The van der Waals surface area contributed by atoms with E-state index in [-0.39, 0.29) is 12.1 Å². The lowest BCUT2D eigenvalue weighted by Crippen LogP contribution is -2.28. The zero-order chi connectivity index (χ0) is 27.4. The second kappa shape index (κ2) is 9.87. The van der Waals surface area contributed by atoms with Crippen LogP contribution >= 0.6 is 0 Å². The Hall–Kier alpha value is -4.02. The summed E-state index contributed by atoms with van der Waals surface area (Å²) in [6.45, 7) is 12.1. The molecule has 1 aliphatic carbocycles. The molecule has 5 heterocycles. The largest absolute Gasteiger partial charge is 0.387 e. The van der Waals surface area contributed by atoms with Crippen LogP contribution in [-0.2, 0) is 13.0 Å². The second-order valence-corrected chi connectivity index (χ2v) is 11.1. The molecule has 2 N–H and O–H groups in total.